The highest BCUT2D eigenvalue weighted by Gasteiger charge is 2.47. The van der Waals surface area contributed by atoms with Crippen LogP contribution in [-0.2, 0) is 16.1 Å². The van der Waals surface area contributed by atoms with Gasteiger partial charge in [-0.3, -0.25) is 14.5 Å². The number of rotatable bonds is 7. The molecule has 1 aliphatic heterocycles. The number of carbonyl (C=O) groups excluding carboxylic acids is 3. The standard InChI is InChI=1S/C25H25N3O5/c1-16(2)26-24(30)21-22(33-25(31)28(21)15-17-7-4-3-5-8-17)18-10-12-19(13-11-18)27-23(29)20-9-6-14-32-20/h3-14,16,21-22H,15H2,1-2H3,(H,26,30)(H,27,29). The molecule has 8 nitrogen and oxygen atoms in total. The van der Waals surface area contributed by atoms with E-state index in [0.717, 1.165) is 5.56 Å². The minimum atomic E-state index is -0.830. The third-order valence-corrected chi connectivity index (χ3v) is 5.22. The molecule has 170 valence electrons. The van der Waals surface area contributed by atoms with Crippen LogP contribution in [0.25, 0.3) is 0 Å². The molecule has 2 N–H and O–H groups in total. The van der Waals surface area contributed by atoms with Crippen molar-refractivity contribution in [2.45, 2.75) is 38.6 Å². The number of nitrogens with zero attached hydrogens (tertiary/aromatic N) is 1. The van der Waals surface area contributed by atoms with Crippen LogP contribution in [0.4, 0.5) is 10.5 Å². The summed E-state index contributed by atoms with van der Waals surface area (Å²) in [6.07, 6.45) is 0.0912. The van der Waals surface area contributed by atoms with Gasteiger partial charge in [-0.05, 0) is 49.2 Å². The fourth-order valence-electron chi connectivity index (χ4n) is 3.72. The highest BCUT2D eigenvalue weighted by atomic mass is 16.6. The van der Waals surface area contributed by atoms with E-state index in [0.29, 0.717) is 11.3 Å². The van der Waals surface area contributed by atoms with Crippen LogP contribution in [0.15, 0.2) is 77.4 Å². The Bertz CT molecular complexity index is 1110. The van der Waals surface area contributed by atoms with E-state index in [9.17, 15) is 14.4 Å². The van der Waals surface area contributed by atoms with E-state index in [1.165, 1.54) is 11.2 Å². The molecular formula is C25H25N3O5. The first-order chi connectivity index (χ1) is 15.9. The number of carbonyl (C=O) groups is 3. The molecule has 0 radical (unpaired) electrons. The van der Waals surface area contributed by atoms with Crippen LogP contribution in [-0.4, -0.2) is 34.9 Å². The molecule has 0 spiro atoms. The highest BCUT2D eigenvalue weighted by molar-refractivity contribution is 6.02. The Morgan fingerprint density at radius 3 is 2.36 bits per heavy atom. The maximum atomic E-state index is 13.1. The zero-order chi connectivity index (χ0) is 23.4. The summed E-state index contributed by atoms with van der Waals surface area (Å²) in [5, 5.41) is 5.64. The van der Waals surface area contributed by atoms with E-state index in [1.54, 1.807) is 36.4 Å². The predicted octanol–water partition coefficient (Wildman–Crippen LogP) is 4.12. The first-order valence-corrected chi connectivity index (χ1v) is 10.7. The number of furan rings is 1. The van der Waals surface area contributed by atoms with Crippen molar-refractivity contribution >= 4 is 23.6 Å². The van der Waals surface area contributed by atoms with E-state index in [4.69, 9.17) is 9.15 Å². The zero-order valence-corrected chi connectivity index (χ0v) is 18.4. The first kappa shape index (κ1) is 22.1. The summed E-state index contributed by atoms with van der Waals surface area (Å²) in [5.74, 6) is -0.457. The quantitative estimate of drug-likeness (QED) is 0.567. The molecular weight excluding hydrogens is 422 g/mol. The fraction of sp³-hybridized carbons (Fsp3) is 0.240. The lowest BCUT2D eigenvalue weighted by molar-refractivity contribution is -0.126. The Hall–Kier alpha value is -4.07. The Morgan fingerprint density at radius 2 is 1.73 bits per heavy atom. The smallest absolute Gasteiger partial charge is 0.411 e. The van der Waals surface area contributed by atoms with Crippen LogP contribution in [0.3, 0.4) is 0 Å². The first-order valence-electron chi connectivity index (χ1n) is 10.7. The number of amides is 3. The molecule has 2 unspecified atom stereocenters. The molecule has 4 rings (SSSR count). The Kier molecular flexibility index (Phi) is 6.44. The summed E-state index contributed by atoms with van der Waals surface area (Å²) in [6.45, 7) is 3.98. The lowest BCUT2D eigenvalue weighted by atomic mass is 10.00. The number of nitrogens with one attached hydrogen (secondary N) is 2. The molecule has 2 atom stereocenters. The van der Waals surface area contributed by atoms with E-state index < -0.39 is 18.2 Å². The second-order valence-electron chi connectivity index (χ2n) is 8.08. The summed E-state index contributed by atoms with van der Waals surface area (Å²) in [4.78, 5) is 39.5. The van der Waals surface area contributed by atoms with E-state index >= 15 is 0 Å². The molecule has 1 fully saturated rings. The average molecular weight is 447 g/mol. The molecule has 2 aromatic carbocycles. The zero-order valence-electron chi connectivity index (χ0n) is 18.4. The third kappa shape index (κ3) is 5.06. The van der Waals surface area contributed by atoms with Gasteiger partial charge in [0.2, 0.25) is 5.91 Å². The van der Waals surface area contributed by atoms with Gasteiger partial charge in [0, 0.05) is 11.7 Å². The minimum absolute atomic E-state index is 0.0911. The van der Waals surface area contributed by atoms with Gasteiger partial charge in [0.05, 0.1) is 12.8 Å². The molecule has 1 aromatic heterocycles. The molecule has 1 saturated heterocycles. The van der Waals surface area contributed by atoms with Crippen molar-refractivity contribution in [1.29, 1.82) is 0 Å². The van der Waals surface area contributed by atoms with Crippen molar-refractivity contribution in [3.8, 4) is 0 Å². The number of hydrogen-bond donors (Lipinski definition) is 2. The van der Waals surface area contributed by atoms with Crippen molar-refractivity contribution in [3.63, 3.8) is 0 Å². The van der Waals surface area contributed by atoms with Crippen molar-refractivity contribution in [2.75, 3.05) is 5.32 Å². The van der Waals surface area contributed by atoms with Gasteiger partial charge in [-0.25, -0.2) is 4.79 Å². The van der Waals surface area contributed by atoms with Gasteiger partial charge in [-0.1, -0.05) is 42.5 Å². The molecule has 2 heterocycles. The summed E-state index contributed by atoms with van der Waals surface area (Å²) < 4.78 is 10.7. The van der Waals surface area contributed by atoms with Gasteiger partial charge < -0.3 is 19.8 Å². The second-order valence-corrected chi connectivity index (χ2v) is 8.08. The minimum Gasteiger partial charge on any atom is -0.459 e. The summed E-state index contributed by atoms with van der Waals surface area (Å²) >= 11 is 0. The number of cyclic esters (lactones) is 1. The topological polar surface area (TPSA) is 101 Å². The van der Waals surface area contributed by atoms with Crippen LogP contribution < -0.4 is 10.6 Å². The van der Waals surface area contributed by atoms with Gasteiger partial charge in [-0.15, -0.1) is 0 Å². The van der Waals surface area contributed by atoms with Crippen LogP contribution in [0, 0.1) is 0 Å². The third-order valence-electron chi connectivity index (χ3n) is 5.22. The molecule has 1 aliphatic rings. The summed E-state index contributed by atoms with van der Waals surface area (Å²) in [6, 6.07) is 18.6. The molecule has 8 heteroatoms. The average Bonchev–Trinajstić information content (AvgIpc) is 3.44. The fourth-order valence-corrected chi connectivity index (χ4v) is 3.72. The van der Waals surface area contributed by atoms with E-state index in [2.05, 4.69) is 10.6 Å². The lowest BCUT2D eigenvalue weighted by Crippen LogP contribution is -2.48. The van der Waals surface area contributed by atoms with Gasteiger partial charge in [0.1, 0.15) is 0 Å². The molecule has 0 bridgehead atoms. The molecule has 0 aliphatic carbocycles. The number of hydrogen-bond acceptors (Lipinski definition) is 5. The predicted molar refractivity (Wildman–Crippen MR) is 121 cm³/mol. The summed E-state index contributed by atoms with van der Waals surface area (Å²) in [7, 11) is 0. The van der Waals surface area contributed by atoms with E-state index in [1.807, 2.05) is 44.2 Å². The van der Waals surface area contributed by atoms with E-state index in [-0.39, 0.29) is 30.2 Å². The Labute approximate surface area is 191 Å². The number of benzene rings is 2. The van der Waals surface area contributed by atoms with Crippen molar-refractivity contribution < 1.29 is 23.5 Å². The largest absolute Gasteiger partial charge is 0.459 e. The molecule has 3 amide bonds. The van der Waals surface area contributed by atoms with Crippen LogP contribution in [0.5, 0.6) is 0 Å². The van der Waals surface area contributed by atoms with Gasteiger partial charge in [0.25, 0.3) is 5.91 Å². The van der Waals surface area contributed by atoms with Crippen molar-refractivity contribution in [2.24, 2.45) is 0 Å². The van der Waals surface area contributed by atoms with Crippen LogP contribution in [0.2, 0.25) is 0 Å². The van der Waals surface area contributed by atoms with Crippen LogP contribution >= 0.6 is 0 Å². The number of anilines is 1. The van der Waals surface area contributed by atoms with Crippen molar-refractivity contribution in [3.05, 3.63) is 89.9 Å². The van der Waals surface area contributed by atoms with Crippen LogP contribution in [0.1, 0.15) is 41.6 Å². The Morgan fingerprint density at radius 1 is 1.00 bits per heavy atom. The highest BCUT2D eigenvalue weighted by Crippen LogP contribution is 2.34. The van der Waals surface area contributed by atoms with Gasteiger partial charge >= 0.3 is 6.09 Å². The SMILES string of the molecule is CC(C)NC(=O)C1C(c2ccc(NC(=O)c3ccco3)cc2)OC(=O)N1Cc1ccccc1. The normalized spacial score (nSPS) is 17.7. The number of ether oxygens (including phenoxy) is 1. The maximum absolute atomic E-state index is 13.1. The maximum Gasteiger partial charge on any atom is 0.411 e. The second kappa shape index (κ2) is 9.60. The Balaban J connectivity index is 1.56. The van der Waals surface area contributed by atoms with Gasteiger partial charge in [-0.2, -0.15) is 0 Å². The van der Waals surface area contributed by atoms with Crippen molar-refractivity contribution in [1.82, 2.24) is 10.2 Å². The van der Waals surface area contributed by atoms with Gasteiger partial charge in [0.15, 0.2) is 17.9 Å². The monoisotopic (exact) mass is 447 g/mol. The summed E-state index contributed by atoms with van der Waals surface area (Å²) in [5.41, 5.74) is 2.10. The lowest BCUT2D eigenvalue weighted by Gasteiger charge is -2.25. The molecule has 3 aromatic rings. The molecule has 0 saturated carbocycles. The molecule has 33 heavy (non-hydrogen) atoms.